The Bertz CT molecular complexity index is 1030. The summed E-state index contributed by atoms with van der Waals surface area (Å²) in [6, 6.07) is 23.4. The van der Waals surface area contributed by atoms with Crippen LogP contribution in [0.25, 0.3) is 0 Å². The van der Waals surface area contributed by atoms with Gasteiger partial charge in [0.2, 0.25) is 5.88 Å². The van der Waals surface area contributed by atoms with Gasteiger partial charge < -0.3 is 9.53 Å². The van der Waals surface area contributed by atoms with Crippen LogP contribution >= 0.6 is 12.6 Å². The van der Waals surface area contributed by atoms with E-state index in [9.17, 15) is 5.11 Å². The van der Waals surface area contributed by atoms with Crippen LogP contribution in [0, 0.1) is 11.8 Å². The minimum Gasteiger partial charge on any atom is -0.493 e. The number of hydrogen-bond donors (Lipinski definition) is 2. The highest BCUT2D eigenvalue weighted by Gasteiger charge is 2.60. The zero-order valence-electron chi connectivity index (χ0n) is 18.8. The molecule has 1 heterocycles. The van der Waals surface area contributed by atoms with Crippen molar-refractivity contribution >= 4 is 31.3 Å². The van der Waals surface area contributed by atoms with E-state index in [4.69, 9.17) is 4.43 Å². The third-order valence-electron chi connectivity index (χ3n) is 7.22. The smallest absolute Gasteiger partial charge is 0.261 e. The summed E-state index contributed by atoms with van der Waals surface area (Å²) < 4.78 is 7.31. The number of fused-ring (bicyclic) bond motifs is 1. The van der Waals surface area contributed by atoms with Crippen molar-refractivity contribution in [2.45, 2.75) is 55.8 Å². The first-order valence-corrected chi connectivity index (χ1v) is 13.7. The van der Waals surface area contributed by atoms with Gasteiger partial charge in [-0.05, 0) is 40.1 Å². The van der Waals surface area contributed by atoms with E-state index in [1.807, 2.05) is 0 Å². The number of benzene rings is 2. The Morgan fingerprint density at radius 2 is 1.44 bits per heavy atom. The molecule has 0 saturated heterocycles. The van der Waals surface area contributed by atoms with Gasteiger partial charge >= 0.3 is 0 Å². The summed E-state index contributed by atoms with van der Waals surface area (Å²) >= 11 is 4.24. The molecule has 0 amide bonds. The molecule has 2 fully saturated rings. The highest BCUT2D eigenvalue weighted by Crippen LogP contribution is 2.64. The van der Waals surface area contributed by atoms with Crippen molar-refractivity contribution in [1.29, 1.82) is 0 Å². The third-order valence-corrected chi connectivity index (χ3v) is 12.5. The van der Waals surface area contributed by atoms with Gasteiger partial charge in [0.15, 0.2) is 5.16 Å². The van der Waals surface area contributed by atoms with E-state index in [0.29, 0.717) is 22.9 Å². The molecule has 0 spiro atoms. The SMILES string of the molecule is CC(C)(C)[Si](OC1C[C@@H]2C(c3cc(O)nc(S)n3)[C@@H]2C1)(c1ccccc1)c1ccccc1. The molecule has 0 aliphatic heterocycles. The Balaban J connectivity index is 1.44. The Morgan fingerprint density at radius 1 is 0.906 bits per heavy atom. The fourth-order valence-electron chi connectivity index (χ4n) is 5.88. The molecular formula is C26H30N2O2SSi. The van der Waals surface area contributed by atoms with Crippen LogP contribution in [0.1, 0.15) is 45.2 Å². The van der Waals surface area contributed by atoms with Crippen LogP contribution < -0.4 is 10.4 Å². The van der Waals surface area contributed by atoms with Crippen molar-refractivity contribution < 1.29 is 9.53 Å². The van der Waals surface area contributed by atoms with Crippen LogP contribution in [-0.4, -0.2) is 29.5 Å². The quantitative estimate of drug-likeness (QED) is 0.332. The van der Waals surface area contributed by atoms with Crippen molar-refractivity contribution in [3.05, 3.63) is 72.4 Å². The van der Waals surface area contributed by atoms with Crippen LogP contribution in [0.15, 0.2) is 71.9 Å². The van der Waals surface area contributed by atoms with Crippen molar-refractivity contribution in [2.75, 3.05) is 0 Å². The summed E-state index contributed by atoms with van der Waals surface area (Å²) in [5.41, 5.74) is 0.918. The molecule has 2 aromatic carbocycles. The molecule has 5 rings (SSSR count). The molecule has 0 radical (unpaired) electrons. The number of aromatic hydroxyl groups is 1. The predicted molar refractivity (Wildman–Crippen MR) is 132 cm³/mol. The number of nitrogens with zero attached hydrogens (tertiary/aromatic N) is 2. The van der Waals surface area contributed by atoms with Crippen molar-refractivity contribution in [3.8, 4) is 5.88 Å². The lowest BCUT2D eigenvalue weighted by Crippen LogP contribution is -2.67. The molecule has 0 bridgehead atoms. The second-order valence-electron chi connectivity index (χ2n) is 10.2. The van der Waals surface area contributed by atoms with Gasteiger partial charge in [-0.2, -0.15) is 4.98 Å². The molecule has 2 aliphatic carbocycles. The van der Waals surface area contributed by atoms with E-state index in [1.54, 1.807) is 6.07 Å². The zero-order valence-corrected chi connectivity index (χ0v) is 20.7. The summed E-state index contributed by atoms with van der Waals surface area (Å²) in [6.07, 6.45) is 2.30. The van der Waals surface area contributed by atoms with E-state index >= 15 is 0 Å². The molecule has 1 aromatic heterocycles. The van der Waals surface area contributed by atoms with Crippen molar-refractivity contribution in [2.24, 2.45) is 11.8 Å². The van der Waals surface area contributed by atoms with Gasteiger partial charge in [0, 0.05) is 18.1 Å². The Labute approximate surface area is 196 Å². The molecule has 166 valence electrons. The molecule has 2 saturated carbocycles. The van der Waals surface area contributed by atoms with Gasteiger partial charge in [0.05, 0.1) is 5.69 Å². The van der Waals surface area contributed by atoms with Gasteiger partial charge in [-0.25, -0.2) is 4.98 Å². The number of thiol groups is 1. The first-order chi connectivity index (χ1) is 15.3. The van der Waals surface area contributed by atoms with Crippen LogP contribution in [-0.2, 0) is 4.43 Å². The average molecular weight is 463 g/mol. The van der Waals surface area contributed by atoms with Crippen LogP contribution in [0.2, 0.25) is 5.04 Å². The molecule has 3 aromatic rings. The third kappa shape index (κ3) is 3.68. The Morgan fingerprint density at radius 3 is 1.91 bits per heavy atom. The largest absolute Gasteiger partial charge is 0.493 e. The molecule has 6 heteroatoms. The zero-order chi connectivity index (χ0) is 22.5. The maximum atomic E-state index is 9.86. The van der Waals surface area contributed by atoms with Crippen LogP contribution in [0.3, 0.4) is 0 Å². The fourth-order valence-corrected chi connectivity index (χ4v) is 10.8. The van der Waals surface area contributed by atoms with Crippen molar-refractivity contribution in [3.63, 3.8) is 0 Å². The molecule has 1 N–H and O–H groups in total. The fraction of sp³-hybridized carbons (Fsp3) is 0.385. The van der Waals surface area contributed by atoms with Crippen LogP contribution in [0.5, 0.6) is 5.88 Å². The molecule has 2 aliphatic rings. The second-order valence-corrected chi connectivity index (χ2v) is 14.8. The van der Waals surface area contributed by atoms with E-state index < -0.39 is 8.32 Å². The first-order valence-electron chi connectivity index (χ1n) is 11.4. The second kappa shape index (κ2) is 8.01. The minimum atomic E-state index is -2.52. The van der Waals surface area contributed by atoms with Crippen molar-refractivity contribution in [1.82, 2.24) is 9.97 Å². The monoisotopic (exact) mass is 462 g/mol. The molecule has 32 heavy (non-hydrogen) atoms. The van der Waals surface area contributed by atoms with Gasteiger partial charge in [-0.3, -0.25) is 0 Å². The summed E-state index contributed by atoms with van der Waals surface area (Å²) in [5.74, 6) is 1.50. The average Bonchev–Trinajstić information content (AvgIpc) is 3.26. The Hall–Kier alpha value is -2.15. The normalized spacial score (nSPS) is 24.9. The van der Waals surface area contributed by atoms with E-state index in [0.717, 1.165) is 18.5 Å². The summed E-state index contributed by atoms with van der Waals surface area (Å²) in [6.45, 7) is 6.99. The summed E-state index contributed by atoms with van der Waals surface area (Å²) in [5, 5.41) is 12.8. The minimum absolute atomic E-state index is 0.00471. The number of rotatable bonds is 5. The summed E-state index contributed by atoms with van der Waals surface area (Å²) in [4.78, 5) is 8.36. The van der Waals surface area contributed by atoms with Gasteiger partial charge in [-0.1, -0.05) is 81.4 Å². The highest BCUT2D eigenvalue weighted by molar-refractivity contribution is 7.80. The lowest BCUT2D eigenvalue weighted by atomic mass is 10.1. The molecule has 2 unspecified atom stereocenters. The van der Waals surface area contributed by atoms with Gasteiger partial charge in [0.1, 0.15) is 0 Å². The van der Waals surface area contributed by atoms with E-state index in [1.165, 1.54) is 10.4 Å². The lowest BCUT2D eigenvalue weighted by molar-refractivity contribution is 0.177. The number of hydrogen-bond acceptors (Lipinski definition) is 5. The van der Waals surface area contributed by atoms with Gasteiger partial charge in [0.25, 0.3) is 8.32 Å². The first kappa shape index (κ1) is 21.7. The maximum Gasteiger partial charge on any atom is 0.261 e. The predicted octanol–water partition coefficient (Wildman–Crippen LogP) is 4.54. The highest BCUT2D eigenvalue weighted by atomic mass is 32.1. The molecular weight excluding hydrogens is 432 g/mol. The van der Waals surface area contributed by atoms with E-state index in [2.05, 4.69) is 104 Å². The summed E-state index contributed by atoms with van der Waals surface area (Å²) in [7, 11) is -2.52. The standard InChI is InChI=1S/C26H30N2O2SSi/c1-26(2,3)32(18-10-6-4-7-11-18,19-12-8-5-9-13-19)30-17-14-20-21(15-17)24(20)22-16-23(29)28-25(31)27-22/h4-13,16-17,20-21,24H,14-15H2,1-3H3,(H2,27,28,29,31)/t17?,20-,21+,24?. The Kier molecular flexibility index (Phi) is 5.43. The maximum absolute atomic E-state index is 9.86. The van der Waals surface area contributed by atoms with E-state index in [-0.39, 0.29) is 17.0 Å². The van der Waals surface area contributed by atoms with Crippen LogP contribution in [0.4, 0.5) is 0 Å². The molecule has 4 atom stereocenters. The topological polar surface area (TPSA) is 55.2 Å². The molecule has 4 nitrogen and oxygen atoms in total. The number of aromatic nitrogens is 2. The van der Waals surface area contributed by atoms with Gasteiger partial charge in [-0.15, -0.1) is 12.6 Å². The lowest BCUT2D eigenvalue weighted by Gasteiger charge is -2.45.